The Morgan fingerprint density at radius 2 is 2.00 bits per heavy atom. The van der Waals surface area contributed by atoms with Crippen molar-refractivity contribution < 1.29 is 9.59 Å². The van der Waals surface area contributed by atoms with Gasteiger partial charge in [-0.25, -0.2) is 4.98 Å². The molecule has 1 N–H and O–H groups in total. The van der Waals surface area contributed by atoms with Crippen molar-refractivity contribution in [3.8, 4) is 0 Å². The summed E-state index contributed by atoms with van der Waals surface area (Å²) in [6.07, 6.45) is 6.14. The van der Waals surface area contributed by atoms with E-state index in [0.717, 1.165) is 5.16 Å². The van der Waals surface area contributed by atoms with E-state index in [-0.39, 0.29) is 16.9 Å². The second-order valence-corrected chi connectivity index (χ2v) is 7.04. The van der Waals surface area contributed by atoms with Crippen molar-refractivity contribution in [1.29, 1.82) is 0 Å². The summed E-state index contributed by atoms with van der Waals surface area (Å²) in [7, 11) is 0. The van der Waals surface area contributed by atoms with E-state index >= 15 is 0 Å². The number of nitrogens with zero attached hydrogens (tertiary/aromatic N) is 2. The fourth-order valence-corrected chi connectivity index (χ4v) is 3.20. The molecule has 120 valence electrons. The zero-order chi connectivity index (χ0) is 16.4. The van der Waals surface area contributed by atoms with E-state index in [9.17, 15) is 9.59 Å². The van der Waals surface area contributed by atoms with Gasteiger partial charge in [-0.05, 0) is 51.0 Å². The first-order valence-corrected chi connectivity index (χ1v) is 8.54. The third kappa shape index (κ3) is 3.82. The number of aromatic nitrogens is 2. The van der Waals surface area contributed by atoms with Crippen LogP contribution in [0.4, 0.5) is 5.69 Å². The first-order valence-electron chi connectivity index (χ1n) is 7.66. The topological polar surface area (TPSA) is 64.0 Å². The van der Waals surface area contributed by atoms with Crippen molar-refractivity contribution in [2.24, 2.45) is 0 Å². The monoisotopic (exact) mass is 329 g/mol. The predicted octanol–water partition coefficient (Wildman–Crippen LogP) is 3.54. The van der Waals surface area contributed by atoms with Crippen LogP contribution in [0, 0.1) is 0 Å². The highest BCUT2D eigenvalue weighted by Crippen LogP contribution is 2.38. The molecule has 1 aromatic carbocycles. The number of benzene rings is 1. The molecule has 2 aromatic rings. The number of carbonyl (C=O) groups is 2. The number of hydrogen-bond acceptors (Lipinski definition) is 4. The van der Waals surface area contributed by atoms with E-state index in [4.69, 9.17) is 0 Å². The minimum absolute atomic E-state index is 0.0127. The summed E-state index contributed by atoms with van der Waals surface area (Å²) < 4.78 is 2.15. The van der Waals surface area contributed by atoms with Crippen molar-refractivity contribution in [3.63, 3.8) is 0 Å². The Hall–Kier alpha value is -2.08. The maximum atomic E-state index is 12.3. The van der Waals surface area contributed by atoms with Crippen LogP contribution < -0.4 is 5.32 Å². The number of thioether (sulfide) groups is 1. The van der Waals surface area contributed by atoms with Crippen molar-refractivity contribution >= 4 is 29.1 Å². The molecule has 0 saturated heterocycles. The van der Waals surface area contributed by atoms with Crippen LogP contribution in [0.5, 0.6) is 0 Å². The van der Waals surface area contributed by atoms with Crippen molar-refractivity contribution in [2.45, 2.75) is 43.1 Å². The minimum atomic E-state index is -0.248. The van der Waals surface area contributed by atoms with E-state index in [1.165, 1.54) is 31.5 Å². The van der Waals surface area contributed by atoms with E-state index in [1.54, 1.807) is 30.5 Å². The molecule has 5 nitrogen and oxygen atoms in total. The molecule has 1 saturated carbocycles. The van der Waals surface area contributed by atoms with E-state index in [1.807, 2.05) is 13.1 Å². The number of carbonyl (C=O) groups excluding carboxylic acids is 2. The zero-order valence-corrected chi connectivity index (χ0v) is 14.0. The highest BCUT2D eigenvalue weighted by Gasteiger charge is 2.27. The molecule has 0 bridgehead atoms. The van der Waals surface area contributed by atoms with Crippen molar-refractivity contribution in [2.75, 3.05) is 5.32 Å². The molecule has 6 heteroatoms. The molecule has 1 unspecified atom stereocenters. The Morgan fingerprint density at radius 1 is 1.30 bits per heavy atom. The van der Waals surface area contributed by atoms with Gasteiger partial charge in [-0.1, -0.05) is 11.8 Å². The molecule has 1 aliphatic rings. The summed E-state index contributed by atoms with van der Waals surface area (Å²) in [5, 5.41) is 3.52. The highest BCUT2D eigenvalue weighted by molar-refractivity contribution is 8.00. The summed E-state index contributed by atoms with van der Waals surface area (Å²) in [5.74, 6) is -0.0605. The molecule has 1 fully saturated rings. The van der Waals surface area contributed by atoms with Crippen LogP contribution >= 0.6 is 11.8 Å². The third-order valence-electron chi connectivity index (χ3n) is 3.78. The standard InChI is InChI=1S/C17H19N3O2S/c1-11(21)13-3-5-14(6-4-13)19-16(22)12(2)23-17-18-9-10-20(17)15-7-8-15/h3-6,9-10,12,15H,7-8H2,1-2H3,(H,19,22). The number of nitrogens with one attached hydrogen (secondary N) is 1. The van der Waals surface area contributed by atoms with Gasteiger partial charge in [0.2, 0.25) is 5.91 Å². The number of hydrogen-bond donors (Lipinski definition) is 1. The first-order chi connectivity index (χ1) is 11.0. The Bertz CT molecular complexity index is 720. The molecular formula is C17H19N3O2S. The van der Waals surface area contributed by atoms with Crippen LogP contribution in [0.25, 0.3) is 0 Å². The summed E-state index contributed by atoms with van der Waals surface area (Å²) in [4.78, 5) is 27.9. The minimum Gasteiger partial charge on any atom is -0.325 e. The average Bonchev–Trinajstić information content (AvgIpc) is 3.27. The molecule has 0 aliphatic heterocycles. The van der Waals surface area contributed by atoms with Crippen LogP contribution in [0.1, 0.15) is 43.1 Å². The number of anilines is 1. The Labute approximate surface area is 139 Å². The van der Waals surface area contributed by atoms with Gasteiger partial charge in [-0.3, -0.25) is 9.59 Å². The van der Waals surface area contributed by atoms with Gasteiger partial charge < -0.3 is 9.88 Å². The second-order valence-electron chi connectivity index (χ2n) is 5.73. The largest absolute Gasteiger partial charge is 0.325 e. The van der Waals surface area contributed by atoms with Crippen LogP contribution in [0.15, 0.2) is 41.8 Å². The van der Waals surface area contributed by atoms with Crippen molar-refractivity contribution in [1.82, 2.24) is 9.55 Å². The smallest absolute Gasteiger partial charge is 0.237 e. The highest BCUT2D eigenvalue weighted by atomic mass is 32.2. The molecule has 23 heavy (non-hydrogen) atoms. The lowest BCUT2D eigenvalue weighted by Crippen LogP contribution is -2.22. The predicted molar refractivity (Wildman–Crippen MR) is 90.9 cm³/mol. The fourth-order valence-electron chi connectivity index (χ4n) is 2.27. The maximum absolute atomic E-state index is 12.3. The number of rotatable bonds is 6. The van der Waals surface area contributed by atoms with Crippen LogP contribution in [-0.4, -0.2) is 26.5 Å². The Morgan fingerprint density at radius 3 is 2.61 bits per heavy atom. The van der Waals surface area contributed by atoms with Gasteiger partial charge in [0.1, 0.15) is 0 Å². The lowest BCUT2D eigenvalue weighted by molar-refractivity contribution is -0.115. The number of ketones is 1. The van der Waals surface area contributed by atoms with E-state index in [2.05, 4.69) is 14.9 Å². The van der Waals surface area contributed by atoms with Crippen LogP contribution in [0.3, 0.4) is 0 Å². The molecular weight excluding hydrogens is 310 g/mol. The number of imidazole rings is 1. The molecule has 1 aliphatic carbocycles. The molecule has 3 rings (SSSR count). The normalized spacial score (nSPS) is 15.2. The third-order valence-corrected chi connectivity index (χ3v) is 4.88. The molecule has 1 heterocycles. The lowest BCUT2D eigenvalue weighted by Gasteiger charge is -2.13. The Kier molecular flexibility index (Phi) is 4.52. The SMILES string of the molecule is CC(=O)c1ccc(NC(=O)C(C)Sc2nccn2C2CC2)cc1. The van der Waals surface area contributed by atoms with Gasteiger partial charge in [0, 0.05) is 29.7 Å². The Balaban J connectivity index is 1.60. The quantitative estimate of drug-likeness (QED) is 0.650. The molecule has 1 amide bonds. The van der Waals surface area contributed by atoms with E-state index < -0.39 is 0 Å². The van der Waals surface area contributed by atoms with Gasteiger partial charge in [0.05, 0.1) is 5.25 Å². The van der Waals surface area contributed by atoms with Gasteiger partial charge in [0.25, 0.3) is 0 Å². The zero-order valence-electron chi connectivity index (χ0n) is 13.2. The van der Waals surface area contributed by atoms with Crippen LogP contribution in [0.2, 0.25) is 0 Å². The summed E-state index contributed by atoms with van der Waals surface area (Å²) in [5.41, 5.74) is 1.33. The van der Waals surface area contributed by atoms with Gasteiger partial charge >= 0.3 is 0 Å². The second kappa shape index (κ2) is 6.58. The average molecular weight is 329 g/mol. The van der Waals surface area contributed by atoms with Gasteiger partial charge in [0.15, 0.2) is 10.9 Å². The first kappa shape index (κ1) is 15.8. The lowest BCUT2D eigenvalue weighted by atomic mass is 10.1. The number of amides is 1. The molecule has 0 radical (unpaired) electrons. The molecule has 1 atom stereocenters. The summed E-state index contributed by atoms with van der Waals surface area (Å²) in [6.45, 7) is 3.39. The van der Waals surface area contributed by atoms with E-state index in [0.29, 0.717) is 17.3 Å². The van der Waals surface area contributed by atoms with Crippen molar-refractivity contribution in [3.05, 3.63) is 42.2 Å². The molecule has 0 spiro atoms. The molecule has 1 aromatic heterocycles. The number of Topliss-reactive ketones (excluding diaryl/α,β-unsaturated/α-hetero) is 1. The van der Waals surface area contributed by atoms with Crippen LogP contribution in [-0.2, 0) is 4.79 Å². The maximum Gasteiger partial charge on any atom is 0.237 e. The van der Waals surface area contributed by atoms with Gasteiger partial charge in [-0.2, -0.15) is 0 Å². The van der Waals surface area contributed by atoms with Gasteiger partial charge in [-0.15, -0.1) is 0 Å². The summed E-state index contributed by atoms with van der Waals surface area (Å²) in [6, 6.07) is 7.48. The fraction of sp³-hybridized carbons (Fsp3) is 0.353. The summed E-state index contributed by atoms with van der Waals surface area (Å²) >= 11 is 1.47.